The van der Waals surface area contributed by atoms with Gasteiger partial charge in [-0.25, -0.2) is 18.0 Å². The average molecular weight is 295 g/mol. The number of hydrogen-bond donors (Lipinski definition) is 2. The lowest BCUT2D eigenvalue weighted by molar-refractivity contribution is 0.0697. The van der Waals surface area contributed by atoms with E-state index in [0.717, 1.165) is 30.3 Å². The summed E-state index contributed by atoms with van der Waals surface area (Å²) in [6, 6.07) is 5.34. The molecule has 0 unspecified atom stereocenters. The van der Waals surface area contributed by atoms with Crippen molar-refractivity contribution in [3.8, 4) is 0 Å². The van der Waals surface area contributed by atoms with E-state index in [2.05, 4.69) is 0 Å². The third-order valence-electron chi connectivity index (χ3n) is 2.66. The highest BCUT2D eigenvalue weighted by Crippen LogP contribution is 2.21. The Labute approximate surface area is 116 Å². The number of carbonyl (C=O) groups excluding carboxylic acids is 1. The van der Waals surface area contributed by atoms with Gasteiger partial charge < -0.3 is 10.4 Å². The summed E-state index contributed by atoms with van der Waals surface area (Å²) in [6.45, 7) is 0. The van der Waals surface area contributed by atoms with Crippen LogP contribution < -0.4 is 5.32 Å². The number of anilines is 1. The molecule has 21 heavy (non-hydrogen) atoms. The summed E-state index contributed by atoms with van der Waals surface area (Å²) >= 11 is 0. The van der Waals surface area contributed by atoms with Gasteiger partial charge in [-0.3, -0.25) is 4.79 Å². The smallest absolute Gasteiger partial charge is 0.337 e. The fourth-order valence-electron chi connectivity index (χ4n) is 1.68. The van der Waals surface area contributed by atoms with Crippen LogP contribution in [0.4, 0.5) is 18.9 Å². The zero-order valence-electron chi connectivity index (χ0n) is 10.4. The summed E-state index contributed by atoms with van der Waals surface area (Å²) < 4.78 is 40.1. The highest BCUT2D eigenvalue weighted by atomic mass is 19.1. The second kappa shape index (κ2) is 5.66. The second-order valence-corrected chi connectivity index (χ2v) is 4.05. The van der Waals surface area contributed by atoms with Crippen molar-refractivity contribution in [3.63, 3.8) is 0 Å². The SMILES string of the molecule is O=C(Nc1c(F)cccc1C(=O)O)c1cc(F)ccc1F. The molecule has 0 bridgehead atoms. The maximum Gasteiger partial charge on any atom is 0.337 e. The molecule has 2 rings (SSSR count). The molecule has 0 aromatic heterocycles. The van der Waals surface area contributed by atoms with Crippen molar-refractivity contribution in [1.82, 2.24) is 0 Å². The molecule has 0 saturated heterocycles. The highest BCUT2D eigenvalue weighted by molar-refractivity contribution is 6.07. The van der Waals surface area contributed by atoms with Gasteiger partial charge >= 0.3 is 5.97 Å². The van der Waals surface area contributed by atoms with E-state index in [1.54, 1.807) is 0 Å². The molecule has 0 saturated carbocycles. The van der Waals surface area contributed by atoms with Crippen LogP contribution >= 0.6 is 0 Å². The van der Waals surface area contributed by atoms with Crippen molar-refractivity contribution in [1.29, 1.82) is 0 Å². The minimum atomic E-state index is -1.47. The van der Waals surface area contributed by atoms with Crippen LogP contribution in [0.1, 0.15) is 20.7 Å². The standard InChI is InChI=1S/C14H8F3NO3/c15-7-4-5-10(16)9(6-7)13(19)18-12-8(14(20)21)2-1-3-11(12)17/h1-6H,(H,18,19)(H,20,21). The Kier molecular flexibility index (Phi) is 3.93. The van der Waals surface area contributed by atoms with Crippen LogP contribution in [-0.2, 0) is 0 Å². The van der Waals surface area contributed by atoms with Crippen LogP contribution in [0.3, 0.4) is 0 Å². The van der Waals surface area contributed by atoms with Crippen LogP contribution in [0.25, 0.3) is 0 Å². The van der Waals surface area contributed by atoms with E-state index in [-0.39, 0.29) is 0 Å². The second-order valence-electron chi connectivity index (χ2n) is 4.05. The van der Waals surface area contributed by atoms with Gasteiger partial charge in [-0.1, -0.05) is 6.07 Å². The largest absolute Gasteiger partial charge is 0.478 e. The topological polar surface area (TPSA) is 66.4 Å². The molecule has 7 heteroatoms. The number of carboxylic acids is 1. The molecular weight excluding hydrogens is 287 g/mol. The third kappa shape index (κ3) is 3.02. The van der Waals surface area contributed by atoms with Crippen LogP contribution in [0, 0.1) is 17.5 Å². The lowest BCUT2D eigenvalue weighted by atomic mass is 10.1. The lowest BCUT2D eigenvalue weighted by Crippen LogP contribution is -2.17. The Morgan fingerprint density at radius 3 is 2.33 bits per heavy atom. The van der Waals surface area contributed by atoms with E-state index in [1.807, 2.05) is 5.32 Å². The van der Waals surface area contributed by atoms with Gasteiger partial charge in [0.25, 0.3) is 5.91 Å². The van der Waals surface area contributed by atoms with Crippen molar-refractivity contribution < 1.29 is 27.9 Å². The van der Waals surface area contributed by atoms with Crippen molar-refractivity contribution in [2.24, 2.45) is 0 Å². The van der Waals surface area contributed by atoms with Crippen LogP contribution in [-0.4, -0.2) is 17.0 Å². The predicted molar refractivity (Wildman–Crippen MR) is 67.7 cm³/mol. The average Bonchev–Trinajstić information content (AvgIpc) is 2.43. The normalized spacial score (nSPS) is 10.2. The molecule has 108 valence electrons. The third-order valence-corrected chi connectivity index (χ3v) is 2.66. The molecule has 0 aliphatic heterocycles. The number of carbonyl (C=O) groups is 2. The Balaban J connectivity index is 2.41. The number of rotatable bonds is 3. The molecule has 2 aromatic carbocycles. The number of carboxylic acid groups (broad SMARTS) is 1. The van der Waals surface area contributed by atoms with Crippen molar-refractivity contribution in [2.75, 3.05) is 5.32 Å². The minimum absolute atomic E-state index is 0.500. The first-order valence-electron chi connectivity index (χ1n) is 5.68. The lowest BCUT2D eigenvalue weighted by Gasteiger charge is -2.10. The summed E-state index contributed by atoms with van der Waals surface area (Å²) in [4.78, 5) is 22.8. The number of nitrogens with one attached hydrogen (secondary N) is 1. The van der Waals surface area contributed by atoms with Gasteiger partial charge in [-0.2, -0.15) is 0 Å². The molecule has 2 N–H and O–H groups in total. The van der Waals surface area contributed by atoms with Gasteiger partial charge in [0.1, 0.15) is 17.5 Å². The van der Waals surface area contributed by atoms with Gasteiger partial charge in [0, 0.05) is 0 Å². The van der Waals surface area contributed by atoms with Crippen LogP contribution in [0.5, 0.6) is 0 Å². The van der Waals surface area contributed by atoms with Crippen LogP contribution in [0.15, 0.2) is 36.4 Å². The van der Waals surface area contributed by atoms with E-state index in [0.29, 0.717) is 6.07 Å². The molecule has 0 heterocycles. The zero-order valence-corrected chi connectivity index (χ0v) is 10.4. The van der Waals surface area contributed by atoms with Crippen LogP contribution in [0.2, 0.25) is 0 Å². The number of amides is 1. The summed E-state index contributed by atoms with van der Waals surface area (Å²) in [5, 5.41) is 10.9. The monoisotopic (exact) mass is 295 g/mol. The fourth-order valence-corrected chi connectivity index (χ4v) is 1.68. The van der Waals surface area contributed by atoms with Crippen molar-refractivity contribution in [3.05, 3.63) is 65.0 Å². The summed E-state index contributed by atoms with van der Waals surface area (Å²) in [6.07, 6.45) is 0. The minimum Gasteiger partial charge on any atom is -0.478 e. The van der Waals surface area contributed by atoms with Crippen molar-refractivity contribution >= 4 is 17.6 Å². The molecule has 2 aromatic rings. The van der Waals surface area contributed by atoms with Gasteiger partial charge in [-0.15, -0.1) is 0 Å². The molecule has 0 aliphatic carbocycles. The summed E-state index contributed by atoms with van der Waals surface area (Å²) in [7, 11) is 0. The first kappa shape index (κ1) is 14.6. The first-order valence-corrected chi connectivity index (χ1v) is 5.68. The summed E-state index contributed by atoms with van der Waals surface area (Å²) in [5.74, 6) is -5.49. The molecule has 4 nitrogen and oxygen atoms in total. The molecule has 0 fully saturated rings. The molecule has 0 spiro atoms. The quantitative estimate of drug-likeness (QED) is 0.914. The molecule has 0 aliphatic rings. The molecule has 1 amide bonds. The molecule has 0 atom stereocenters. The highest BCUT2D eigenvalue weighted by Gasteiger charge is 2.19. The predicted octanol–water partition coefficient (Wildman–Crippen LogP) is 3.05. The molecule has 0 radical (unpaired) electrons. The van der Waals surface area contributed by atoms with E-state index in [4.69, 9.17) is 5.11 Å². The Morgan fingerprint density at radius 2 is 1.67 bits per heavy atom. The van der Waals surface area contributed by atoms with Crippen molar-refractivity contribution in [2.45, 2.75) is 0 Å². The molecular formula is C14H8F3NO3. The van der Waals surface area contributed by atoms with E-state index in [1.165, 1.54) is 0 Å². The van der Waals surface area contributed by atoms with Gasteiger partial charge in [0.2, 0.25) is 0 Å². The number of aromatic carboxylic acids is 1. The fraction of sp³-hybridized carbons (Fsp3) is 0. The van der Waals surface area contributed by atoms with Gasteiger partial charge in [-0.05, 0) is 30.3 Å². The maximum absolute atomic E-state index is 13.6. The number of para-hydroxylation sites is 1. The summed E-state index contributed by atoms with van der Waals surface area (Å²) in [5.41, 5.74) is -1.77. The van der Waals surface area contributed by atoms with E-state index >= 15 is 0 Å². The number of halogens is 3. The Bertz CT molecular complexity index is 731. The number of benzene rings is 2. The van der Waals surface area contributed by atoms with Gasteiger partial charge in [0.15, 0.2) is 0 Å². The maximum atomic E-state index is 13.6. The number of hydrogen-bond acceptors (Lipinski definition) is 2. The first-order chi connectivity index (χ1) is 9.90. The zero-order chi connectivity index (χ0) is 15.6. The van der Waals surface area contributed by atoms with Gasteiger partial charge in [0.05, 0.1) is 16.8 Å². The van der Waals surface area contributed by atoms with E-state index < -0.39 is 46.1 Å². The Morgan fingerprint density at radius 1 is 0.952 bits per heavy atom. The van der Waals surface area contributed by atoms with E-state index in [9.17, 15) is 22.8 Å². The Hall–Kier alpha value is -2.83.